The molecule has 0 aliphatic carbocycles. The normalized spacial score (nSPS) is 12.2. The number of aliphatic hydroxyl groups excluding tert-OH is 1. The van der Waals surface area contributed by atoms with Crippen molar-refractivity contribution in [2.45, 2.75) is 26.8 Å². The van der Waals surface area contributed by atoms with Gasteiger partial charge in [0.25, 0.3) is 0 Å². The van der Waals surface area contributed by atoms with Gasteiger partial charge in [-0.2, -0.15) is 0 Å². The highest BCUT2D eigenvalue weighted by Crippen LogP contribution is 2.07. The Hall–Kier alpha value is -1.35. The third kappa shape index (κ3) is 3.35. The van der Waals surface area contributed by atoms with E-state index in [9.17, 15) is 4.79 Å². The van der Waals surface area contributed by atoms with Gasteiger partial charge in [0, 0.05) is 6.54 Å². The van der Waals surface area contributed by atoms with Crippen molar-refractivity contribution in [3.8, 4) is 0 Å². The summed E-state index contributed by atoms with van der Waals surface area (Å²) in [5.74, 6) is -0.364. The fourth-order valence-electron chi connectivity index (χ4n) is 1.53. The molecular formula is C13H19NO2. The maximum atomic E-state index is 11.6. The third-order valence-corrected chi connectivity index (χ3v) is 2.80. The van der Waals surface area contributed by atoms with Crippen LogP contribution in [0.1, 0.15) is 24.5 Å². The first-order chi connectivity index (χ1) is 7.69. The summed E-state index contributed by atoms with van der Waals surface area (Å²) < 4.78 is 0. The van der Waals surface area contributed by atoms with E-state index in [-0.39, 0.29) is 18.4 Å². The molecule has 1 aromatic carbocycles. The molecule has 0 aliphatic heterocycles. The van der Waals surface area contributed by atoms with E-state index in [1.807, 2.05) is 38.1 Å². The van der Waals surface area contributed by atoms with Crippen LogP contribution in [0, 0.1) is 12.8 Å². The lowest BCUT2D eigenvalue weighted by Gasteiger charge is -2.13. The third-order valence-electron chi connectivity index (χ3n) is 2.80. The van der Waals surface area contributed by atoms with Gasteiger partial charge in [-0.15, -0.1) is 0 Å². The van der Waals surface area contributed by atoms with Crippen molar-refractivity contribution in [2.75, 3.05) is 6.61 Å². The first-order valence-electron chi connectivity index (χ1n) is 5.62. The standard InChI is InChI=1S/C13H19NO2/c1-3-11(9-15)13(16)14-8-12-7-5-4-6-10(12)2/h4-7,11,15H,3,8-9H2,1-2H3,(H,14,16). The maximum absolute atomic E-state index is 11.6. The molecule has 1 rings (SSSR count). The Morgan fingerprint density at radius 1 is 1.44 bits per heavy atom. The molecule has 0 saturated carbocycles. The smallest absolute Gasteiger partial charge is 0.225 e. The summed E-state index contributed by atoms with van der Waals surface area (Å²) in [5.41, 5.74) is 2.28. The number of rotatable bonds is 5. The number of carbonyl (C=O) groups excluding carboxylic acids is 1. The minimum atomic E-state index is -0.288. The summed E-state index contributed by atoms with van der Waals surface area (Å²) in [6, 6.07) is 7.95. The summed E-state index contributed by atoms with van der Waals surface area (Å²) in [6.07, 6.45) is 0.663. The van der Waals surface area contributed by atoms with E-state index in [1.165, 1.54) is 5.56 Å². The fraction of sp³-hybridized carbons (Fsp3) is 0.462. The van der Waals surface area contributed by atoms with E-state index >= 15 is 0 Å². The van der Waals surface area contributed by atoms with E-state index in [0.717, 1.165) is 5.56 Å². The summed E-state index contributed by atoms with van der Waals surface area (Å²) in [6.45, 7) is 4.36. The average Bonchev–Trinajstić information content (AvgIpc) is 2.29. The van der Waals surface area contributed by atoms with Crippen LogP contribution < -0.4 is 5.32 Å². The SMILES string of the molecule is CCC(CO)C(=O)NCc1ccccc1C. The molecule has 0 saturated heterocycles. The lowest BCUT2D eigenvalue weighted by Crippen LogP contribution is -2.32. The Labute approximate surface area is 96.5 Å². The zero-order chi connectivity index (χ0) is 12.0. The van der Waals surface area contributed by atoms with Crippen molar-refractivity contribution < 1.29 is 9.90 Å². The van der Waals surface area contributed by atoms with Crippen LogP contribution in [0.3, 0.4) is 0 Å². The molecule has 0 heterocycles. The number of nitrogens with one attached hydrogen (secondary N) is 1. The number of carbonyl (C=O) groups is 1. The number of aryl methyl sites for hydroxylation is 1. The number of aliphatic hydroxyl groups is 1. The largest absolute Gasteiger partial charge is 0.396 e. The zero-order valence-electron chi connectivity index (χ0n) is 9.86. The first-order valence-corrected chi connectivity index (χ1v) is 5.62. The van der Waals surface area contributed by atoms with Crippen molar-refractivity contribution in [1.29, 1.82) is 0 Å². The first kappa shape index (κ1) is 12.7. The van der Waals surface area contributed by atoms with Crippen molar-refractivity contribution in [3.05, 3.63) is 35.4 Å². The van der Waals surface area contributed by atoms with E-state index in [4.69, 9.17) is 5.11 Å². The summed E-state index contributed by atoms with van der Waals surface area (Å²) in [5, 5.41) is 11.8. The molecule has 1 aromatic rings. The van der Waals surface area contributed by atoms with Crippen LogP contribution in [0.5, 0.6) is 0 Å². The second kappa shape index (κ2) is 6.28. The van der Waals surface area contributed by atoms with E-state index in [2.05, 4.69) is 5.32 Å². The van der Waals surface area contributed by atoms with Gasteiger partial charge in [-0.25, -0.2) is 0 Å². The second-order valence-corrected chi connectivity index (χ2v) is 3.93. The van der Waals surface area contributed by atoms with E-state index in [1.54, 1.807) is 0 Å². The highest BCUT2D eigenvalue weighted by atomic mass is 16.3. The molecule has 0 fully saturated rings. The Balaban J connectivity index is 2.52. The molecule has 3 nitrogen and oxygen atoms in total. The number of hydrogen-bond donors (Lipinski definition) is 2. The van der Waals surface area contributed by atoms with Gasteiger partial charge in [0.15, 0.2) is 0 Å². The van der Waals surface area contributed by atoms with E-state index in [0.29, 0.717) is 13.0 Å². The Morgan fingerprint density at radius 3 is 2.69 bits per heavy atom. The molecule has 0 aliphatic rings. The predicted octanol–water partition coefficient (Wildman–Crippen LogP) is 1.63. The minimum absolute atomic E-state index is 0.0757. The Kier molecular flexibility index (Phi) is 4.99. The molecule has 3 heteroatoms. The Bertz CT molecular complexity index is 346. The topological polar surface area (TPSA) is 49.3 Å². The van der Waals surface area contributed by atoms with Gasteiger partial charge >= 0.3 is 0 Å². The van der Waals surface area contributed by atoms with E-state index < -0.39 is 0 Å². The summed E-state index contributed by atoms with van der Waals surface area (Å²) in [7, 11) is 0. The average molecular weight is 221 g/mol. The van der Waals surface area contributed by atoms with Gasteiger partial charge in [-0.1, -0.05) is 31.2 Å². The maximum Gasteiger partial charge on any atom is 0.225 e. The van der Waals surface area contributed by atoms with Crippen molar-refractivity contribution in [1.82, 2.24) is 5.32 Å². The lowest BCUT2D eigenvalue weighted by molar-refractivity contribution is -0.126. The fourth-order valence-corrected chi connectivity index (χ4v) is 1.53. The second-order valence-electron chi connectivity index (χ2n) is 3.93. The quantitative estimate of drug-likeness (QED) is 0.794. The van der Waals surface area contributed by atoms with Crippen LogP contribution in [0.15, 0.2) is 24.3 Å². The number of hydrogen-bond acceptors (Lipinski definition) is 2. The van der Waals surface area contributed by atoms with Gasteiger partial charge in [0.05, 0.1) is 12.5 Å². The number of amides is 1. The van der Waals surface area contributed by atoms with Crippen molar-refractivity contribution >= 4 is 5.91 Å². The van der Waals surface area contributed by atoms with Crippen LogP contribution in [0.2, 0.25) is 0 Å². The molecular weight excluding hydrogens is 202 g/mol. The van der Waals surface area contributed by atoms with Crippen LogP contribution in [-0.2, 0) is 11.3 Å². The highest BCUT2D eigenvalue weighted by Gasteiger charge is 2.14. The van der Waals surface area contributed by atoms with Crippen LogP contribution in [0.25, 0.3) is 0 Å². The molecule has 16 heavy (non-hydrogen) atoms. The molecule has 0 aromatic heterocycles. The molecule has 0 bridgehead atoms. The van der Waals surface area contributed by atoms with Gasteiger partial charge in [0.2, 0.25) is 5.91 Å². The molecule has 1 amide bonds. The summed E-state index contributed by atoms with van der Waals surface area (Å²) >= 11 is 0. The van der Waals surface area contributed by atoms with Crippen LogP contribution >= 0.6 is 0 Å². The lowest BCUT2D eigenvalue weighted by atomic mass is 10.1. The molecule has 1 unspecified atom stereocenters. The monoisotopic (exact) mass is 221 g/mol. The molecule has 2 N–H and O–H groups in total. The van der Waals surface area contributed by atoms with Crippen molar-refractivity contribution in [2.24, 2.45) is 5.92 Å². The summed E-state index contributed by atoms with van der Waals surface area (Å²) in [4.78, 5) is 11.6. The zero-order valence-corrected chi connectivity index (χ0v) is 9.86. The van der Waals surface area contributed by atoms with Crippen molar-refractivity contribution in [3.63, 3.8) is 0 Å². The van der Waals surface area contributed by atoms with Gasteiger partial charge in [-0.05, 0) is 24.5 Å². The molecule has 88 valence electrons. The Morgan fingerprint density at radius 2 is 2.12 bits per heavy atom. The number of benzene rings is 1. The molecule has 0 radical (unpaired) electrons. The van der Waals surface area contributed by atoms with Crippen LogP contribution in [-0.4, -0.2) is 17.6 Å². The van der Waals surface area contributed by atoms with Crippen LogP contribution in [0.4, 0.5) is 0 Å². The molecule has 0 spiro atoms. The molecule has 1 atom stereocenters. The highest BCUT2D eigenvalue weighted by molar-refractivity contribution is 5.78. The minimum Gasteiger partial charge on any atom is -0.396 e. The van der Waals surface area contributed by atoms with Gasteiger partial charge in [-0.3, -0.25) is 4.79 Å². The predicted molar refractivity (Wildman–Crippen MR) is 63.9 cm³/mol. The van der Waals surface area contributed by atoms with Gasteiger partial charge in [0.1, 0.15) is 0 Å². The van der Waals surface area contributed by atoms with Gasteiger partial charge < -0.3 is 10.4 Å².